The van der Waals surface area contributed by atoms with Gasteiger partial charge in [-0.25, -0.2) is 0 Å². The van der Waals surface area contributed by atoms with Crippen molar-refractivity contribution < 1.29 is 4.74 Å². The summed E-state index contributed by atoms with van der Waals surface area (Å²) in [6.07, 6.45) is 1.76. The van der Waals surface area contributed by atoms with Gasteiger partial charge in [0, 0.05) is 18.3 Å². The van der Waals surface area contributed by atoms with E-state index < -0.39 is 0 Å². The second-order valence-corrected chi connectivity index (χ2v) is 3.60. The molecule has 13 heavy (non-hydrogen) atoms. The summed E-state index contributed by atoms with van der Waals surface area (Å²) >= 11 is 3.38. The Bertz CT molecular complexity index is 302. The number of methoxy groups -OCH3 is 1. The monoisotopic (exact) mass is 244 g/mol. The van der Waals surface area contributed by atoms with Crippen molar-refractivity contribution in [2.75, 3.05) is 14.2 Å². The van der Waals surface area contributed by atoms with Gasteiger partial charge in [-0.3, -0.25) is 4.98 Å². The van der Waals surface area contributed by atoms with Gasteiger partial charge < -0.3 is 10.1 Å². The van der Waals surface area contributed by atoms with Gasteiger partial charge in [-0.1, -0.05) is 0 Å². The molecule has 0 aliphatic rings. The molecule has 1 aromatic rings. The molecule has 1 rings (SSSR count). The van der Waals surface area contributed by atoms with Crippen LogP contribution in [0.3, 0.4) is 0 Å². The summed E-state index contributed by atoms with van der Waals surface area (Å²) in [6.45, 7) is 2.76. The van der Waals surface area contributed by atoms with E-state index in [2.05, 4.69) is 26.2 Å². The first kappa shape index (κ1) is 10.5. The second-order valence-electron chi connectivity index (χ2n) is 2.74. The van der Waals surface area contributed by atoms with Crippen LogP contribution in [-0.4, -0.2) is 19.1 Å². The van der Waals surface area contributed by atoms with Crippen molar-refractivity contribution in [1.82, 2.24) is 10.3 Å². The van der Waals surface area contributed by atoms with Crippen LogP contribution < -0.4 is 10.1 Å². The summed E-state index contributed by atoms with van der Waals surface area (Å²) in [5.74, 6) is 0.861. The van der Waals surface area contributed by atoms with E-state index in [1.807, 2.05) is 14.0 Å². The normalized spacial score (nSPS) is 10.2. The molecule has 0 aliphatic carbocycles. The predicted octanol–water partition coefficient (Wildman–Crippen LogP) is 1.88. The first-order valence-corrected chi connectivity index (χ1v) is 4.82. The van der Waals surface area contributed by atoms with E-state index in [4.69, 9.17) is 4.74 Å². The van der Waals surface area contributed by atoms with E-state index in [9.17, 15) is 0 Å². The zero-order chi connectivity index (χ0) is 9.84. The number of halogens is 1. The number of ether oxygens (including phenoxy) is 1. The molecule has 0 unspecified atom stereocenters. The van der Waals surface area contributed by atoms with Gasteiger partial charge in [0.1, 0.15) is 5.75 Å². The Hall–Kier alpha value is -0.610. The van der Waals surface area contributed by atoms with Gasteiger partial charge in [-0.2, -0.15) is 0 Å². The topological polar surface area (TPSA) is 34.2 Å². The van der Waals surface area contributed by atoms with Gasteiger partial charge >= 0.3 is 0 Å². The second kappa shape index (κ2) is 4.58. The molecule has 0 saturated carbocycles. The first-order chi connectivity index (χ1) is 6.20. The fourth-order valence-corrected chi connectivity index (χ4v) is 1.76. The SMILES string of the molecule is CNCc1ncc(Br)c(OC)c1C. The Balaban J connectivity index is 3.11. The summed E-state index contributed by atoms with van der Waals surface area (Å²) in [7, 11) is 3.56. The van der Waals surface area contributed by atoms with Crippen LogP contribution in [0.25, 0.3) is 0 Å². The van der Waals surface area contributed by atoms with Gasteiger partial charge in [-0.15, -0.1) is 0 Å². The van der Waals surface area contributed by atoms with E-state index in [1.54, 1.807) is 13.3 Å². The maximum Gasteiger partial charge on any atom is 0.139 e. The van der Waals surface area contributed by atoms with E-state index in [0.717, 1.165) is 28.0 Å². The molecule has 0 fully saturated rings. The number of nitrogens with zero attached hydrogens (tertiary/aromatic N) is 1. The van der Waals surface area contributed by atoms with Gasteiger partial charge in [0.15, 0.2) is 0 Å². The molecular weight excluding hydrogens is 232 g/mol. The Morgan fingerprint density at radius 2 is 2.31 bits per heavy atom. The highest BCUT2D eigenvalue weighted by molar-refractivity contribution is 9.10. The molecule has 0 saturated heterocycles. The van der Waals surface area contributed by atoms with Crippen LogP contribution in [0.15, 0.2) is 10.7 Å². The van der Waals surface area contributed by atoms with E-state index >= 15 is 0 Å². The molecule has 1 heterocycles. The fraction of sp³-hybridized carbons (Fsp3) is 0.444. The van der Waals surface area contributed by atoms with Crippen molar-refractivity contribution in [3.8, 4) is 5.75 Å². The fourth-order valence-electron chi connectivity index (χ4n) is 1.20. The molecule has 0 bridgehead atoms. The van der Waals surface area contributed by atoms with Crippen molar-refractivity contribution in [3.63, 3.8) is 0 Å². The lowest BCUT2D eigenvalue weighted by Crippen LogP contribution is -2.09. The van der Waals surface area contributed by atoms with Gasteiger partial charge in [0.2, 0.25) is 0 Å². The molecule has 1 aromatic heterocycles. The van der Waals surface area contributed by atoms with Gasteiger partial charge in [0.25, 0.3) is 0 Å². The number of nitrogens with one attached hydrogen (secondary N) is 1. The Morgan fingerprint density at radius 1 is 1.62 bits per heavy atom. The molecule has 0 amide bonds. The third-order valence-corrected chi connectivity index (χ3v) is 2.44. The minimum absolute atomic E-state index is 0.759. The summed E-state index contributed by atoms with van der Waals surface area (Å²) in [5.41, 5.74) is 2.09. The summed E-state index contributed by atoms with van der Waals surface area (Å²) in [5, 5.41) is 3.06. The van der Waals surface area contributed by atoms with E-state index in [0.29, 0.717) is 0 Å². The minimum atomic E-state index is 0.759. The maximum atomic E-state index is 5.25. The van der Waals surface area contributed by atoms with Crippen LogP contribution >= 0.6 is 15.9 Å². The quantitative estimate of drug-likeness (QED) is 0.882. The van der Waals surface area contributed by atoms with E-state index in [-0.39, 0.29) is 0 Å². The third-order valence-electron chi connectivity index (χ3n) is 1.87. The van der Waals surface area contributed by atoms with E-state index in [1.165, 1.54) is 0 Å². The molecule has 3 nitrogen and oxygen atoms in total. The number of rotatable bonds is 3. The standard InChI is InChI=1S/C9H13BrN2O/c1-6-8(5-11-2)12-4-7(10)9(6)13-3/h4,11H,5H2,1-3H3. The van der Waals surface area contributed by atoms with Crippen LogP contribution in [0, 0.1) is 6.92 Å². The molecule has 4 heteroatoms. The van der Waals surface area contributed by atoms with Crippen molar-refractivity contribution in [3.05, 3.63) is 21.9 Å². The number of pyridine rings is 1. The zero-order valence-corrected chi connectivity index (χ0v) is 9.60. The lowest BCUT2D eigenvalue weighted by Gasteiger charge is -2.10. The van der Waals surface area contributed by atoms with Crippen LogP contribution in [0.2, 0.25) is 0 Å². The lowest BCUT2D eigenvalue weighted by atomic mass is 10.2. The molecule has 1 N–H and O–H groups in total. The molecule has 0 radical (unpaired) electrons. The zero-order valence-electron chi connectivity index (χ0n) is 8.02. The summed E-state index contributed by atoms with van der Waals surface area (Å²) < 4.78 is 6.14. The van der Waals surface area contributed by atoms with Crippen LogP contribution in [0.5, 0.6) is 5.75 Å². The van der Waals surface area contributed by atoms with Crippen LogP contribution in [0.1, 0.15) is 11.3 Å². The Kier molecular flexibility index (Phi) is 3.69. The summed E-state index contributed by atoms with van der Waals surface area (Å²) in [6, 6.07) is 0. The van der Waals surface area contributed by atoms with Crippen molar-refractivity contribution in [1.29, 1.82) is 0 Å². The Morgan fingerprint density at radius 3 is 2.85 bits per heavy atom. The molecule has 0 atom stereocenters. The minimum Gasteiger partial charge on any atom is -0.495 e. The summed E-state index contributed by atoms with van der Waals surface area (Å²) in [4.78, 5) is 4.29. The van der Waals surface area contributed by atoms with Crippen molar-refractivity contribution in [2.24, 2.45) is 0 Å². The lowest BCUT2D eigenvalue weighted by molar-refractivity contribution is 0.407. The average molecular weight is 245 g/mol. The van der Waals surface area contributed by atoms with Crippen LogP contribution in [-0.2, 0) is 6.54 Å². The predicted molar refractivity (Wildman–Crippen MR) is 56.0 cm³/mol. The van der Waals surface area contributed by atoms with Gasteiger partial charge in [0.05, 0.1) is 17.3 Å². The molecule has 0 aliphatic heterocycles. The average Bonchev–Trinajstić information content (AvgIpc) is 2.11. The number of hydrogen-bond donors (Lipinski definition) is 1. The van der Waals surface area contributed by atoms with Crippen molar-refractivity contribution in [2.45, 2.75) is 13.5 Å². The van der Waals surface area contributed by atoms with Crippen molar-refractivity contribution >= 4 is 15.9 Å². The first-order valence-electron chi connectivity index (χ1n) is 4.03. The Labute approximate surface area is 86.6 Å². The molecule has 72 valence electrons. The number of hydrogen-bond acceptors (Lipinski definition) is 3. The molecular formula is C9H13BrN2O. The van der Waals surface area contributed by atoms with Gasteiger partial charge in [-0.05, 0) is 29.9 Å². The molecule has 0 spiro atoms. The number of aromatic nitrogens is 1. The highest BCUT2D eigenvalue weighted by Crippen LogP contribution is 2.28. The molecule has 0 aromatic carbocycles. The highest BCUT2D eigenvalue weighted by atomic mass is 79.9. The maximum absolute atomic E-state index is 5.25. The largest absolute Gasteiger partial charge is 0.495 e. The van der Waals surface area contributed by atoms with Crippen LogP contribution in [0.4, 0.5) is 0 Å². The smallest absolute Gasteiger partial charge is 0.139 e. The third kappa shape index (κ3) is 2.19. The highest BCUT2D eigenvalue weighted by Gasteiger charge is 2.08.